The molecule has 0 aromatic heterocycles. The third kappa shape index (κ3) is 4.81. The predicted molar refractivity (Wildman–Crippen MR) is 179 cm³/mol. The van der Waals surface area contributed by atoms with Gasteiger partial charge in [-0.2, -0.15) is 0 Å². The average molecular weight is 630 g/mol. The minimum Gasteiger partial charge on any atom is -0.494 e. The highest BCUT2D eigenvalue weighted by Gasteiger charge is 2.74. The fourth-order valence-corrected chi connectivity index (χ4v) is 10.1. The Hall–Kier alpha value is -3.56. The highest BCUT2D eigenvalue weighted by atomic mass is 32.2. The largest absolute Gasteiger partial charge is 0.494 e. The van der Waals surface area contributed by atoms with Gasteiger partial charge < -0.3 is 24.5 Å². The molecule has 9 heteroatoms. The number of carbonyl (C=O) groups is 3. The molecule has 4 heterocycles. The van der Waals surface area contributed by atoms with E-state index in [0.29, 0.717) is 19.7 Å². The number of hydrogen-bond donors (Lipinski definition) is 1. The number of fused-ring (bicyclic) bond motifs is 2. The first kappa shape index (κ1) is 31.4. The van der Waals surface area contributed by atoms with E-state index in [9.17, 15) is 19.5 Å². The van der Waals surface area contributed by atoms with E-state index in [2.05, 4.69) is 6.08 Å². The van der Waals surface area contributed by atoms with Crippen LogP contribution in [0.15, 0.2) is 66.8 Å². The van der Waals surface area contributed by atoms with Crippen molar-refractivity contribution in [1.82, 2.24) is 4.90 Å². The summed E-state index contributed by atoms with van der Waals surface area (Å²) < 4.78 is 3.89. The molecular weight excluding hydrogens is 586 g/mol. The van der Waals surface area contributed by atoms with Gasteiger partial charge in [-0.3, -0.25) is 14.4 Å². The molecule has 1 unspecified atom stereocenters. The minimum atomic E-state index is -0.997. The van der Waals surface area contributed by atoms with Gasteiger partial charge in [-0.05, 0) is 69.0 Å². The fraction of sp³-hybridized carbons (Fsp3) is 0.472. The molecular formula is C36H43N3O5S. The first-order chi connectivity index (χ1) is 21.5. The van der Waals surface area contributed by atoms with Crippen LogP contribution in [-0.4, -0.2) is 75.6 Å². The van der Waals surface area contributed by atoms with E-state index in [1.165, 1.54) is 0 Å². The smallest absolute Gasteiger partial charge is 0.251 e. The Morgan fingerprint density at radius 1 is 0.911 bits per heavy atom. The second-order valence-electron chi connectivity index (χ2n) is 13.1. The molecule has 0 saturated carbocycles. The van der Waals surface area contributed by atoms with Crippen LogP contribution in [0.2, 0.25) is 0 Å². The Balaban J connectivity index is 1.49. The van der Waals surface area contributed by atoms with E-state index in [-0.39, 0.29) is 30.2 Å². The van der Waals surface area contributed by atoms with Crippen molar-refractivity contribution < 1.29 is 24.2 Å². The quantitative estimate of drug-likeness (QED) is 0.438. The van der Waals surface area contributed by atoms with Crippen LogP contribution in [0.5, 0.6) is 5.75 Å². The summed E-state index contributed by atoms with van der Waals surface area (Å²) in [5.41, 5.74) is 3.52. The first-order valence-electron chi connectivity index (χ1n) is 15.9. The molecule has 2 fully saturated rings. The van der Waals surface area contributed by atoms with Gasteiger partial charge in [0.15, 0.2) is 0 Å². The van der Waals surface area contributed by atoms with Gasteiger partial charge in [0.1, 0.15) is 11.8 Å². The lowest BCUT2D eigenvalue weighted by Crippen LogP contribution is -2.58. The van der Waals surface area contributed by atoms with Crippen molar-refractivity contribution in [2.45, 2.75) is 63.1 Å². The average Bonchev–Trinajstić information content (AvgIpc) is 3.26. The SMILES string of the molecule is CCOc1ccc(N2CC=C[C@]3(C)S[C@]45C=CCN(c6c(C)cccc6C)C(=O)C4N([C@@H](CO)C(C)C)C(=O)[C@@H]5[C@@H]3C2=O)cc1. The van der Waals surface area contributed by atoms with Crippen LogP contribution in [0.1, 0.15) is 38.8 Å². The van der Waals surface area contributed by atoms with Gasteiger partial charge in [-0.15, -0.1) is 11.8 Å². The Bertz CT molecular complexity index is 1550. The van der Waals surface area contributed by atoms with Crippen LogP contribution in [0.3, 0.4) is 0 Å². The predicted octanol–water partition coefficient (Wildman–Crippen LogP) is 4.91. The van der Waals surface area contributed by atoms with Crippen LogP contribution < -0.4 is 14.5 Å². The summed E-state index contributed by atoms with van der Waals surface area (Å²) in [6, 6.07) is 12.0. The summed E-state index contributed by atoms with van der Waals surface area (Å²) in [7, 11) is 0. The highest BCUT2D eigenvalue weighted by molar-refractivity contribution is 8.02. The van der Waals surface area contributed by atoms with Gasteiger partial charge in [0.25, 0.3) is 5.91 Å². The van der Waals surface area contributed by atoms with Crippen LogP contribution in [-0.2, 0) is 14.4 Å². The summed E-state index contributed by atoms with van der Waals surface area (Å²) in [4.78, 5) is 49.8. The number of carbonyl (C=O) groups excluding carboxylic acids is 3. The Kier molecular flexibility index (Phi) is 8.14. The number of hydrogen-bond acceptors (Lipinski definition) is 6. The van der Waals surface area contributed by atoms with Gasteiger partial charge in [0.05, 0.1) is 35.8 Å². The zero-order valence-electron chi connectivity index (χ0n) is 26.9. The monoisotopic (exact) mass is 629 g/mol. The lowest BCUT2D eigenvalue weighted by molar-refractivity contribution is -0.143. The number of thioether (sulfide) groups is 1. The summed E-state index contributed by atoms with van der Waals surface area (Å²) in [6.45, 7) is 12.9. The summed E-state index contributed by atoms with van der Waals surface area (Å²) >= 11 is 1.56. The molecule has 1 spiro atoms. The molecule has 238 valence electrons. The molecule has 2 aromatic carbocycles. The fourth-order valence-electron chi connectivity index (χ4n) is 7.99. The molecule has 0 bridgehead atoms. The van der Waals surface area contributed by atoms with Crippen LogP contribution in [0.4, 0.5) is 11.4 Å². The molecule has 45 heavy (non-hydrogen) atoms. The number of amides is 3. The second-order valence-corrected chi connectivity index (χ2v) is 14.9. The number of aryl methyl sites for hydroxylation is 2. The lowest BCUT2D eigenvalue weighted by atomic mass is 9.74. The van der Waals surface area contributed by atoms with Crippen molar-refractivity contribution in [2.24, 2.45) is 17.8 Å². The zero-order chi connectivity index (χ0) is 32.3. The number of aliphatic hydroxyl groups is 1. The van der Waals surface area contributed by atoms with Crippen LogP contribution >= 0.6 is 11.8 Å². The van der Waals surface area contributed by atoms with Crippen molar-refractivity contribution in [3.63, 3.8) is 0 Å². The maximum Gasteiger partial charge on any atom is 0.251 e. The van der Waals surface area contributed by atoms with Gasteiger partial charge in [0, 0.05) is 29.2 Å². The van der Waals surface area contributed by atoms with Crippen molar-refractivity contribution in [3.8, 4) is 5.75 Å². The normalized spacial score (nSPS) is 29.9. The maximum absolute atomic E-state index is 15.0. The van der Waals surface area contributed by atoms with E-state index in [0.717, 1.165) is 28.3 Å². The number of anilines is 2. The van der Waals surface area contributed by atoms with Crippen molar-refractivity contribution in [2.75, 3.05) is 36.1 Å². The molecule has 0 aliphatic carbocycles. The Morgan fingerprint density at radius 3 is 2.18 bits per heavy atom. The lowest BCUT2D eigenvalue weighted by Gasteiger charge is -2.41. The van der Waals surface area contributed by atoms with Crippen molar-refractivity contribution in [3.05, 3.63) is 77.9 Å². The van der Waals surface area contributed by atoms with E-state index >= 15 is 0 Å². The molecule has 0 radical (unpaired) electrons. The van der Waals surface area contributed by atoms with Crippen LogP contribution in [0, 0.1) is 31.6 Å². The number of para-hydroxylation sites is 1. The summed E-state index contributed by atoms with van der Waals surface area (Å²) in [5, 5.41) is 10.6. The van der Waals surface area contributed by atoms with Gasteiger partial charge in [-0.1, -0.05) is 56.4 Å². The van der Waals surface area contributed by atoms with E-state index < -0.39 is 33.4 Å². The third-order valence-electron chi connectivity index (χ3n) is 9.98. The van der Waals surface area contributed by atoms with Gasteiger partial charge in [-0.25, -0.2) is 0 Å². The molecule has 1 N–H and O–H groups in total. The number of aliphatic hydroxyl groups excluding tert-OH is 1. The van der Waals surface area contributed by atoms with Gasteiger partial charge >= 0.3 is 0 Å². The maximum atomic E-state index is 15.0. The summed E-state index contributed by atoms with van der Waals surface area (Å²) in [5.74, 6) is -1.46. The first-order valence-corrected chi connectivity index (χ1v) is 16.7. The molecule has 2 aromatic rings. The minimum absolute atomic E-state index is 0.107. The molecule has 2 saturated heterocycles. The molecule has 3 amide bonds. The van der Waals surface area contributed by atoms with E-state index in [1.807, 2.05) is 102 Å². The highest BCUT2D eigenvalue weighted by Crippen LogP contribution is 2.66. The standard InChI is InChI=1S/C36H43N3O5S/c1-7-44-26-15-13-25(14-16-26)37-19-9-17-35(6)28(32(37)41)29-33(42)39(27(21-40)22(2)3)31-34(43)38(20-10-18-36(29,31)45-35)30-23(4)11-8-12-24(30)5/h8-18,22,27-29,31,40H,7,19-21H2,1-6H3/t27-,28+,29-,31?,35-,36-/m0/s1. The molecule has 4 aliphatic rings. The summed E-state index contributed by atoms with van der Waals surface area (Å²) in [6.07, 6.45) is 8.10. The van der Waals surface area contributed by atoms with E-state index in [1.54, 1.807) is 26.5 Å². The second kappa shape index (κ2) is 11.7. The Labute approximate surface area is 270 Å². The molecule has 4 aliphatic heterocycles. The van der Waals surface area contributed by atoms with Crippen molar-refractivity contribution in [1.29, 1.82) is 0 Å². The van der Waals surface area contributed by atoms with Crippen LogP contribution in [0.25, 0.3) is 0 Å². The Morgan fingerprint density at radius 2 is 1.56 bits per heavy atom. The van der Waals surface area contributed by atoms with Gasteiger partial charge in [0.2, 0.25) is 11.8 Å². The van der Waals surface area contributed by atoms with Crippen molar-refractivity contribution >= 4 is 40.9 Å². The molecule has 8 nitrogen and oxygen atoms in total. The number of ether oxygens (including phenoxy) is 1. The number of nitrogens with zero attached hydrogens (tertiary/aromatic N) is 3. The van der Waals surface area contributed by atoms with E-state index in [4.69, 9.17) is 4.74 Å². The molecule has 6 rings (SSSR count). The zero-order valence-corrected chi connectivity index (χ0v) is 27.7. The number of benzene rings is 2. The topological polar surface area (TPSA) is 90.4 Å². The number of likely N-dealkylation sites (tertiary alicyclic amines) is 1. The third-order valence-corrected chi connectivity index (χ3v) is 11.8. The molecule has 6 atom stereocenters. The number of rotatable bonds is 7.